The van der Waals surface area contributed by atoms with Crippen LogP contribution in [0.15, 0.2) is 30.5 Å². The summed E-state index contributed by atoms with van der Waals surface area (Å²) in [5.74, 6) is 0.636. The number of benzene rings is 1. The summed E-state index contributed by atoms with van der Waals surface area (Å²) in [6.07, 6.45) is 1.59. The van der Waals surface area contributed by atoms with Gasteiger partial charge >= 0.3 is 0 Å². The number of hydrogen-bond donors (Lipinski definition) is 2. The lowest BCUT2D eigenvalue weighted by atomic mass is 10.0. The van der Waals surface area contributed by atoms with Gasteiger partial charge in [-0.15, -0.1) is 0 Å². The predicted octanol–water partition coefficient (Wildman–Crippen LogP) is 3.69. The van der Waals surface area contributed by atoms with Gasteiger partial charge in [0.2, 0.25) is 0 Å². The molecule has 0 fully saturated rings. The number of anilines is 2. The van der Waals surface area contributed by atoms with Gasteiger partial charge in [-0.3, -0.25) is 4.79 Å². The van der Waals surface area contributed by atoms with Gasteiger partial charge in [0.05, 0.1) is 5.56 Å². The highest BCUT2D eigenvalue weighted by Crippen LogP contribution is 2.22. The van der Waals surface area contributed by atoms with E-state index in [1.807, 2.05) is 26.8 Å². The normalized spacial score (nSPS) is 10.3. The highest BCUT2D eigenvalue weighted by molar-refractivity contribution is 6.05. The maximum atomic E-state index is 12.3. The van der Waals surface area contributed by atoms with Gasteiger partial charge in [-0.05, 0) is 51.0 Å². The summed E-state index contributed by atoms with van der Waals surface area (Å²) in [5, 5.41) is 6.08. The first-order valence-corrected chi connectivity index (χ1v) is 7.10. The molecule has 0 saturated heterocycles. The molecule has 1 heterocycles. The zero-order valence-electron chi connectivity index (χ0n) is 12.9. The van der Waals surface area contributed by atoms with Crippen molar-refractivity contribution in [3.63, 3.8) is 0 Å². The molecule has 0 atom stereocenters. The highest BCUT2D eigenvalue weighted by atomic mass is 16.1. The molecule has 0 radical (unpaired) electrons. The Balaban J connectivity index is 2.18. The largest absolute Gasteiger partial charge is 0.370 e. The van der Waals surface area contributed by atoms with Crippen LogP contribution in [0.3, 0.4) is 0 Å². The lowest BCUT2D eigenvalue weighted by molar-refractivity contribution is 0.102. The molecule has 1 amide bonds. The molecule has 2 N–H and O–H groups in total. The monoisotopic (exact) mass is 283 g/mol. The molecule has 4 nitrogen and oxygen atoms in total. The van der Waals surface area contributed by atoms with Gasteiger partial charge in [0.25, 0.3) is 5.91 Å². The molecule has 0 bridgehead atoms. The number of carbonyl (C=O) groups is 1. The Morgan fingerprint density at radius 1 is 1.14 bits per heavy atom. The second-order valence-corrected chi connectivity index (χ2v) is 5.19. The van der Waals surface area contributed by atoms with Crippen LogP contribution in [0.2, 0.25) is 0 Å². The summed E-state index contributed by atoms with van der Waals surface area (Å²) >= 11 is 0. The predicted molar refractivity (Wildman–Crippen MR) is 87.0 cm³/mol. The lowest BCUT2D eigenvalue weighted by Gasteiger charge is -2.13. The fourth-order valence-corrected chi connectivity index (χ4v) is 2.38. The summed E-state index contributed by atoms with van der Waals surface area (Å²) in [7, 11) is 0. The Morgan fingerprint density at radius 2 is 1.81 bits per heavy atom. The molecule has 2 aromatic rings. The first-order valence-electron chi connectivity index (χ1n) is 7.10. The zero-order valence-corrected chi connectivity index (χ0v) is 12.9. The quantitative estimate of drug-likeness (QED) is 0.899. The molecule has 21 heavy (non-hydrogen) atoms. The zero-order chi connectivity index (χ0) is 15.4. The van der Waals surface area contributed by atoms with Gasteiger partial charge in [0, 0.05) is 18.4 Å². The topological polar surface area (TPSA) is 54.0 Å². The van der Waals surface area contributed by atoms with Crippen molar-refractivity contribution in [3.05, 3.63) is 52.7 Å². The standard InChI is InChI=1S/C17H21N3O/c1-5-18-15-7-6-14(10-19-15)17(21)20-16-12(3)8-11(2)9-13(16)4/h6-10H,5H2,1-4H3,(H,18,19)(H,20,21). The molecule has 0 unspecified atom stereocenters. The minimum Gasteiger partial charge on any atom is -0.370 e. The van der Waals surface area contributed by atoms with Crippen LogP contribution in [0.25, 0.3) is 0 Å². The third kappa shape index (κ3) is 3.60. The third-order valence-corrected chi connectivity index (χ3v) is 3.30. The van der Waals surface area contributed by atoms with Crippen molar-refractivity contribution in [2.45, 2.75) is 27.7 Å². The van der Waals surface area contributed by atoms with Crippen molar-refractivity contribution < 1.29 is 4.79 Å². The van der Waals surface area contributed by atoms with Crippen LogP contribution < -0.4 is 10.6 Å². The van der Waals surface area contributed by atoms with Gasteiger partial charge in [-0.1, -0.05) is 17.7 Å². The van der Waals surface area contributed by atoms with Crippen molar-refractivity contribution in [2.75, 3.05) is 17.2 Å². The first-order chi connectivity index (χ1) is 10.0. The fraction of sp³-hybridized carbons (Fsp3) is 0.294. The Hall–Kier alpha value is -2.36. The second-order valence-electron chi connectivity index (χ2n) is 5.19. The van der Waals surface area contributed by atoms with Crippen LogP contribution in [0.5, 0.6) is 0 Å². The minimum atomic E-state index is -0.138. The number of hydrogen-bond acceptors (Lipinski definition) is 3. The van der Waals surface area contributed by atoms with Crippen molar-refractivity contribution >= 4 is 17.4 Å². The molecule has 0 aliphatic heterocycles. The van der Waals surface area contributed by atoms with Crippen LogP contribution in [0, 0.1) is 20.8 Å². The average Bonchev–Trinajstić information content (AvgIpc) is 2.43. The van der Waals surface area contributed by atoms with Crippen molar-refractivity contribution in [2.24, 2.45) is 0 Å². The summed E-state index contributed by atoms with van der Waals surface area (Å²) in [5.41, 5.74) is 4.76. The minimum absolute atomic E-state index is 0.138. The first kappa shape index (κ1) is 15.0. The molecule has 1 aromatic carbocycles. The maximum absolute atomic E-state index is 12.3. The van der Waals surface area contributed by atoms with Crippen LogP contribution in [-0.4, -0.2) is 17.4 Å². The van der Waals surface area contributed by atoms with Gasteiger partial charge in [-0.25, -0.2) is 4.98 Å². The molecule has 0 aliphatic rings. The smallest absolute Gasteiger partial charge is 0.257 e. The van der Waals surface area contributed by atoms with Crippen molar-refractivity contribution in [1.29, 1.82) is 0 Å². The SMILES string of the molecule is CCNc1ccc(C(=O)Nc2c(C)cc(C)cc2C)cn1. The number of nitrogens with zero attached hydrogens (tertiary/aromatic N) is 1. The maximum Gasteiger partial charge on any atom is 0.257 e. The molecular formula is C17H21N3O. The van der Waals surface area contributed by atoms with Gasteiger partial charge in [0.15, 0.2) is 0 Å². The second kappa shape index (κ2) is 6.39. The Kier molecular flexibility index (Phi) is 4.58. The van der Waals surface area contributed by atoms with E-state index >= 15 is 0 Å². The van der Waals surface area contributed by atoms with E-state index in [0.29, 0.717) is 5.56 Å². The molecule has 2 rings (SSSR count). The number of aryl methyl sites for hydroxylation is 3. The lowest BCUT2D eigenvalue weighted by Crippen LogP contribution is -2.14. The summed E-state index contributed by atoms with van der Waals surface area (Å²) < 4.78 is 0. The number of rotatable bonds is 4. The molecule has 110 valence electrons. The molecular weight excluding hydrogens is 262 g/mol. The van der Waals surface area contributed by atoms with Crippen LogP contribution in [0.1, 0.15) is 34.0 Å². The van der Waals surface area contributed by atoms with E-state index in [1.54, 1.807) is 12.3 Å². The Labute approximate surface area is 125 Å². The van der Waals surface area contributed by atoms with E-state index < -0.39 is 0 Å². The van der Waals surface area contributed by atoms with Crippen molar-refractivity contribution in [3.8, 4) is 0 Å². The van der Waals surface area contributed by atoms with Gasteiger partial charge < -0.3 is 10.6 Å². The summed E-state index contributed by atoms with van der Waals surface area (Å²) in [6.45, 7) is 8.87. The molecule has 0 spiro atoms. The van der Waals surface area contributed by atoms with E-state index in [9.17, 15) is 4.79 Å². The molecule has 0 saturated carbocycles. The van der Waals surface area contributed by atoms with E-state index in [2.05, 4.69) is 34.7 Å². The fourth-order valence-electron chi connectivity index (χ4n) is 2.38. The highest BCUT2D eigenvalue weighted by Gasteiger charge is 2.10. The number of carbonyl (C=O) groups excluding carboxylic acids is 1. The van der Waals surface area contributed by atoms with E-state index in [0.717, 1.165) is 29.2 Å². The molecule has 4 heteroatoms. The van der Waals surface area contributed by atoms with Gasteiger partial charge in [0.1, 0.15) is 5.82 Å². The van der Waals surface area contributed by atoms with Crippen LogP contribution >= 0.6 is 0 Å². The Bertz CT molecular complexity index is 625. The van der Waals surface area contributed by atoms with Gasteiger partial charge in [-0.2, -0.15) is 0 Å². The molecule has 0 aliphatic carbocycles. The van der Waals surface area contributed by atoms with Crippen LogP contribution in [-0.2, 0) is 0 Å². The number of nitrogens with one attached hydrogen (secondary N) is 2. The van der Waals surface area contributed by atoms with E-state index in [4.69, 9.17) is 0 Å². The summed E-state index contributed by atoms with van der Waals surface area (Å²) in [4.78, 5) is 16.5. The molecule has 1 aromatic heterocycles. The summed E-state index contributed by atoms with van der Waals surface area (Å²) in [6, 6.07) is 7.72. The third-order valence-electron chi connectivity index (χ3n) is 3.30. The van der Waals surface area contributed by atoms with E-state index in [-0.39, 0.29) is 5.91 Å². The number of pyridine rings is 1. The average molecular weight is 283 g/mol. The number of aromatic nitrogens is 1. The van der Waals surface area contributed by atoms with E-state index in [1.165, 1.54) is 5.56 Å². The van der Waals surface area contributed by atoms with Crippen molar-refractivity contribution in [1.82, 2.24) is 4.98 Å². The van der Waals surface area contributed by atoms with Crippen LogP contribution in [0.4, 0.5) is 11.5 Å². The number of amides is 1. The Morgan fingerprint density at radius 3 is 2.33 bits per heavy atom.